The molecule has 1 atom stereocenters. The molecule has 1 aliphatic rings. The molecule has 4 rings (SSSR count). The van der Waals surface area contributed by atoms with E-state index in [1.165, 1.54) is 4.80 Å². The van der Waals surface area contributed by atoms with Crippen LogP contribution in [0.1, 0.15) is 28.7 Å². The van der Waals surface area contributed by atoms with E-state index in [-0.39, 0.29) is 11.9 Å². The summed E-state index contributed by atoms with van der Waals surface area (Å²) in [6.45, 7) is 7.13. The molecular formula is C20H23N7O2. The van der Waals surface area contributed by atoms with Crippen LogP contribution in [0.5, 0.6) is 0 Å². The summed E-state index contributed by atoms with van der Waals surface area (Å²) in [5.74, 6) is 0.433. The van der Waals surface area contributed by atoms with E-state index in [0.717, 1.165) is 11.4 Å². The van der Waals surface area contributed by atoms with Gasteiger partial charge in [0.2, 0.25) is 5.95 Å². The Bertz CT molecular complexity index is 986. The lowest BCUT2D eigenvalue weighted by Crippen LogP contribution is -2.41. The van der Waals surface area contributed by atoms with E-state index in [1.54, 1.807) is 23.5 Å². The molecule has 0 radical (unpaired) electrons. The molecule has 3 aromatic rings. The zero-order chi connectivity index (χ0) is 20.4. The molecule has 9 heteroatoms. The number of hydrogen-bond acceptors (Lipinski definition) is 7. The topological polar surface area (TPSA) is 89.3 Å². The number of para-hydroxylation sites is 1. The van der Waals surface area contributed by atoms with Crippen LogP contribution in [0.25, 0.3) is 5.69 Å². The maximum Gasteiger partial charge on any atom is 0.256 e. The molecule has 0 N–H and O–H groups in total. The van der Waals surface area contributed by atoms with Crippen LogP contribution >= 0.6 is 0 Å². The minimum Gasteiger partial charge on any atom is -0.332 e. The molecule has 9 nitrogen and oxygen atoms in total. The van der Waals surface area contributed by atoms with Gasteiger partial charge in [0.25, 0.3) is 5.91 Å². The largest absolute Gasteiger partial charge is 0.332 e. The molecule has 0 saturated carbocycles. The number of rotatable bonds is 3. The summed E-state index contributed by atoms with van der Waals surface area (Å²) in [6.07, 6.45) is 3.18. The summed E-state index contributed by atoms with van der Waals surface area (Å²) in [5.41, 5.74) is 2.95. The molecule has 1 amide bonds. The number of carbonyl (C=O) groups excluding carboxylic acids is 1. The number of anilines is 1. The van der Waals surface area contributed by atoms with Crippen LogP contribution in [-0.4, -0.2) is 61.5 Å². The van der Waals surface area contributed by atoms with Crippen LogP contribution in [0.15, 0.2) is 42.7 Å². The fourth-order valence-corrected chi connectivity index (χ4v) is 3.37. The first-order valence-electron chi connectivity index (χ1n) is 9.52. The van der Waals surface area contributed by atoms with Gasteiger partial charge in [0.05, 0.1) is 42.8 Å². The van der Waals surface area contributed by atoms with Crippen molar-refractivity contribution >= 4 is 11.9 Å². The zero-order valence-corrected chi connectivity index (χ0v) is 16.7. The van der Waals surface area contributed by atoms with E-state index < -0.39 is 0 Å². The van der Waals surface area contributed by atoms with Crippen molar-refractivity contribution < 1.29 is 9.63 Å². The summed E-state index contributed by atoms with van der Waals surface area (Å²) < 4.78 is 0. The van der Waals surface area contributed by atoms with Crippen molar-refractivity contribution in [3.05, 3.63) is 59.7 Å². The van der Waals surface area contributed by atoms with Crippen molar-refractivity contribution in [2.75, 3.05) is 24.8 Å². The van der Waals surface area contributed by atoms with Crippen molar-refractivity contribution in [1.82, 2.24) is 29.9 Å². The van der Waals surface area contributed by atoms with Gasteiger partial charge in [-0.1, -0.05) is 12.1 Å². The van der Waals surface area contributed by atoms with Crippen LogP contribution < -0.4 is 5.06 Å². The van der Waals surface area contributed by atoms with E-state index in [2.05, 4.69) is 20.2 Å². The van der Waals surface area contributed by atoms with Gasteiger partial charge in [-0.15, -0.1) is 0 Å². The normalized spacial score (nSPS) is 17.3. The monoisotopic (exact) mass is 393 g/mol. The zero-order valence-electron chi connectivity index (χ0n) is 16.7. The van der Waals surface area contributed by atoms with Gasteiger partial charge in [-0.3, -0.25) is 9.63 Å². The fraction of sp³-hybridized carbons (Fsp3) is 0.350. The number of aromatic nitrogens is 5. The Kier molecular flexibility index (Phi) is 5.22. The van der Waals surface area contributed by atoms with Gasteiger partial charge in [-0.2, -0.15) is 15.0 Å². The summed E-state index contributed by atoms with van der Waals surface area (Å²) >= 11 is 0. The Morgan fingerprint density at radius 3 is 2.48 bits per heavy atom. The molecule has 150 valence electrons. The fourth-order valence-electron chi connectivity index (χ4n) is 3.37. The molecule has 0 unspecified atom stereocenters. The summed E-state index contributed by atoms with van der Waals surface area (Å²) in [5, 5.41) is 10.0. The number of nitrogens with zero attached hydrogens (tertiary/aromatic N) is 7. The Balaban J connectivity index is 1.58. The van der Waals surface area contributed by atoms with Gasteiger partial charge in [-0.05, 0) is 39.0 Å². The lowest BCUT2D eigenvalue weighted by atomic mass is 10.1. The van der Waals surface area contributed by atoms with Crippen LogP contribution in [0.3, 0.4) is 0 Å². The molecule has 2 aromatic heterocycles. The minimum atomic E-state index is -0.114. The van der Waals surface area contributed by atoms with Crippen LogP contribution in [0.2, 0.25) is 0 Å². The molecule has 1 saturated heterocycles. The third-order valence-electron chi connectivity index (χ3n) is 4.77. The van der Waals surface area contributed by atoms with Crippen LogP contribution in [-0.2, 0) is 4.84 Å². The Morgan fingerprint density at radius 2 is 1.76 bits per heavy atom. The Labute approximate surface area is 168 Å². The number of amides is 1. The van der Waals surface area contributed by atoms with Crippen molar-refractivity contribution in [2.45, 2.75) is 26.8 Å². The predicted octanol–water partition coefficient (Wildman–Crippen LogP) is 1.96. The van der Waals surface area contributed by atoms with E-state index in [9.17, 15) is 4.79 Å². The van der Waals surface area contributed by atoms with E-state index in [4.69, 9.17) is 4.84 Å². The van der Waals surface area contributed by atoms with Gasteiger partial charge in [0.15, 0.2) is 0 Å². The highest BCUT2D eigenvalue weighted by molar-refractivity contribution is 5.98. The molecule has 1 aromatic carbocycles. The quantitative estimate of drug-likeness (QED) is 0.672. The lowest BCUT2D eigenvalue weighted by Gasteiger charge is -2.26. The van der Waals surface area contributed by atoms with E-state index in [1.807, 2.05) is 49.9 Å². The minimum absolute atomic E-state index is 0.0859. The van der Waals surface area contributed by atoms with Crippen molar-refractivity contribution in [2.24, 2.45) is 0 Å². The third-order valence-corrected chi connectivity index (χ3v) is 4.77. The maximum absolute atomic E-state index is 13.4. The number of carbonyl (C=O) groups is 1. The second-order valence-corrected chi connectivity index (χ2v) is 7.03. The number of hydroxylamine groups is 1. The molecule has 29 heavy (non-hydrogen) atoms. The first-order valence-corrected chi connectivity index (χ1v) is 9.52. The Morgan fingerprint density at radius 1 is 1.07 bits per heavy atom. The SMILES string of the molecule is Cc1cc(C)nc(N2CCN(C(=O)c3ccccc3-n3nccn3)[C@H](C)CO2)n1. The van der Waals surface area contributed by atoms with Crippen LogP contribution in [0.4, 0.5) is 5.95 Å². The van der Waals surface area contributed by atoms with Crippen molar-refractivity contribution in [1.29, 1.82) is 0 Å². The first-order chi connectivity index (χ1) is 14.0. The lowest BCUT2D eigenvalue weighted by molar-refractivity contribution is 0.0596. The molecule has 0 bridgehead atoms. The van der Waals surface area contributed by atoms with E-state index >= 15 is 0 Å². The number of benzene rings is 1. The van der Waals surface area contributed by atoms with Crippen LogP contribution in [0, 0.1) is 13.8 Å². The number of hydrogen-bond donors (Lipinski definition) is 0. The highest BCUT2D eigenvalue weighted by Crippen LogP contribution is 2.20. The maximum atomic E-state index is 13.4. The van der Waals surface area contributed by atoms with Gasteiger partial charge >= 0.3 is 0 Å². The predicted molar refractivity (Wildman–Crippen MR) is 107 cm³/mol. The van der Waals surface area contributed by atoms with Gasteiger partial charge in [0, 0.05) is 17.9 Å². The molecule has 0 spiro atoms. The Hall–Kier alpha value is -3.33. The van der Waals surface area contributed by atoms with E-state index in [0.29, 0.717) is 36.9 Å². The second kappa shape index (κ2) is 7.96. The summed E-state index contributed by atoms with van der Waals surface area (Å²) in [7, 11) is 0. The first kappa shape index (κ1) is 19.0. The average Bonchev–Trinajstić information content (AvgIpc) is 3.17. The molecule has 1 aliphatic heterocycles. The van der Waals surface area contributed by atoms with Crippen molar-refractivity contribution in [3.8, 4) is 5.69 Å². The molecule has 1 fully saturated rings. The van der Waals surface area contributed by atoms with Gasteiger partial charge in [0.1, 0.15) is 0 Å². The van der Waals surface area contributed by atoms with Crippen molar-refractivity contribution in [3.63, 3.8) is 0 Å². The standard InChI is InChI=1S/C20H23N7O2/c1-14-12-15(2)24-20(23-14)26-11-10-25(16(3)13-29-26)19(28)17-6-4-5-7-18(17)27-21-8-9-22-27/h4-9,12,16H,10-11,13H2,1-3H3/t16-/m1/s1. The summed E-state index contributed by atoms with van der Waals surface area (Å²) in [6, 6.07) is 9.14. The molecule has 0 aliphatic carbocycles. The average molecular weight is 393 g/mol. The molecule has 3 heterocycles. The third kappa shape index (κ3) is 3.95. The number of aryl methyl sites for hydroxylation is 2. The molecular weight excluding hydrogens is 370 g/mol. The highest BCUT2D eigenvalue weighted by Gasteiger charge is 2.29. The highest BCUT2D eigenvalue weighted by atomic mass is 16.7. The smallest absolute Gasteiger partial charge is 0.256 e. The summed E-state index contributed by atoms with van der Waals surface area (Å²) in [4.78, 5) is 31.5. The van der Waals surface area contributed by atoms with Gasteiger partial charge in [-0.25, -0.2) is 15.0 Å². The van der Waals surface area contributed by atoms with Gasteiger partial charge < -0.3 is 4.90 Å². The second-order valence-electron chi connectivity index (χ2n) is 7.03.